The fourth-order valence-electron chi connectivity index (χ4n) is 2.55. The summed E-state index contributed by atoms with van der Waals surface area (Å²) in [5.41, 5.74) is 1.66. The van der Waals surface area contributed by atoms with E-state index in [1.807, 2.05) is 49.2 Å². The zero-order valence-corrected chi connectivity index (χ0v) is 13.2. The summed E-state index contributed by atoms with van der Waals surface area (Å²) in [6.45, 7) is 2.79. The van der Waals surface area contributed by atoms with Crippen molar-refractivity contribution >= 4 is 17.4 Å². The minimum absolute atomic E-state index is 0.0939. The molecule has 3 aromatic rings. The quantitative estimate of drug-likeness (QED) is 0.786. The molecule has 0 radical (unpaired) electrons. The largest absolute Gasteiger partial charge is 0.309 e. The van der Waals surface area contributed by atoms with Crippen LogP contribution in [0.4, 0.5) is 5.82 Å². The molecule has 23 heavy (non-hydrogen) atoms. The summed E-state index contributed by atoms with van der Waals surface area (Å²) < 4.78 is 1.62. The first kappa shape index (κ1) is 15.2. The highest BCUT2D eigenvalue weighted by Crippen LogP contribution is 2.21. The second-order valence-corrected chi connectivity index (χ2v) is 5.31. The molecule has 6 nitrogen and oxygen atoms in total. The summed E-state index contributed by atoms with van der Waals surface area (Å²) in [7, 11) is 1.94. The molecule has 1 amide bonds. The molecule has 0 spiro atoms. The number of nitrogens with one attached hydrogen (secondary N) is 1. The average molecular weight is 309 g/mol. The Balaban J connectivity index is 1.91. The zero-order valence-electron chi connectivity index (χ0n) is 13.2. The first-order valence-corrected chi connectivity index (χ1v) is 7.55. The first-order valence-electron chi connectivity index (χ1n) is 7.55. The molecule has 3 rings (SSSR count). The predicted molar refractivity (Wildman–Crippen MR) is 89.1 cm³/mol. The van der Waals surface area contributed by atoms with Crippen LogP contribution in [-0.2, 0) is 4.79 Å². The van der Waals surface area contributed by atoms with E-state index in [9.17, 15) is 4.79 Å². The number of hydrogen-bond acceptors (Lipinski definition) is 4. The summed E-state index contributed by atoms with van der Waals surface area (Å²) in [6, 6.07) is 12.9. The van der Waals surface area contributed by atoms with Gasteiger partial charge < -0.3 is 5.32 Å². The summed E-state index contributed by atoms with van der Waals surface area (Å²) in [5, 5.41) is 7.16. The lowest BCUT2D eigenvalue weighted by molar-refractivity contribution is -0.121. The maximum atomic E-state index is 12.9. The lowest BCUT2D eigenvalue weighted by atomic mass is 10.0. The summed E-state index contributed by atoms with van der Waals surface area (Å²) in [6.07, 6.45) is 3.32. The normalized spacial score (nSPS) is 12.5. The number of hydrogen-bond donors (Lipinski definition) is 1. The van der Waals surface area contributed by atoms with Gasteiger partial charge >= 0.3 is 0 Å². The van der Waals surface area contributed by atoms with Gasteiger partial charge in [0.05, 0.1) is 6.20 Å². The van der Waals surface area contributed by atoms with E-state index in [1.165, 1.54) is 0 Å². The highest BCUT2D eigenvalue weighted by Gasteiger charge is 2.24. The van der Waals surface area contributed by atoms with Crippen LogP contribution >= 0.6 is 0 Å². The molecule has 0 aliphatic heterocycles. The number of carbonyl (C=O) groups is 1. The Bertz CT molecular complexity index is 799. The number of aromatic nitrogens is 3. The Morgan fingerprint density at radius 1 is 1.22 bits per heavy atom. The van der Waals surface area contributed by atoms with E-state index in [2.05, 4.69) is 15.4 Å². The third-order valence-corrected chi connectivity index (χ3v) is 3.84. The fourth-order valence-corrected chi connectivity index (χ4v) is 2.55. The topological polar surface area (TPSA) is 62.5 Å². The molecule has 0 saturated carbocycles. The zero-order chi connectivity index (χ0) is 16.2. The second kappa shape index (κ2) is 6.58. The van der Waals surface area contributed by atoms with Gasteiger partial charge in [-0.25, -0.2) is 4.98 Å². The molecule has 0 unspecified atom stereocenters. The number of benzene rings is 1. The van der Waals surface area contributed by atoms with Gasteiger partial charge in [0.15, 0.2) is 5.65 Å². The molecule has 6 heteroatoms. The maximum Gasteiger partial charge on any atom is 0.247 e. The van der Waals surface area contributed by atoms with E-state index in [4.69, 9.17) is 0 Å². The lowest BCUT2D eigenvalue weighted by Gasteiger charge is -2.26. The molecule has 0 saturated heterocycles. The van der Waals surface area contributed by atoms with Crippen molar-refractivity contribution < 1.29 is 4.79 Å². The minimum Gasteiger partial charge on any atom is -0.309 e. The molecule has 1 N–H and O–H groups in total. The Hall–Kier alpha value is -2.73. The Morgan fingerprint density at radius 3 is 2.74 bits per heavy atom. The van der Waals surface area contributed by atoms with Crippen LogP contribution in [-0.4, -0.2) is 39.0 Å². The first-order chi connectivity index (χ1) is 11.2. The molecule has 0 fully saturated rings. The Kier molecular flexibility index (Phi) is 4.34. The van der Waals surface area contributed by atoms with Gasteiger partial charge in [-0.3, -0.25) is 9.69 Å². The minimum atomic E-state index is -0.361. The monoisotopic (exact) mass is 309 g/mol. The summed E-state index contributed by atoms with van der Waals surface area (Å²) in [4.78, 5) is 19.1. The molecule has 1 aromatic carbocycles. The van der Waals surface area contributed by atoms with Gasteiger partial charge in [-0.2, -0.15) is 9.61 Å². The Morgan fingerprint density at radius 2 is 2.00 bits per heavy atom. The van der Waals surface area contributed by atoms with Crippen molar-refractivity contribution in [2.45, 2.75) is 13.0 Å². The van der Waals surface area contributed by atoms with Crippen molar-refractivity contribution in [3.05, 3.63) is 60.4 Å². The van der Waals surface area contributed by atoms with Gasteiger partial charge in [0.1, 0.15) is 11.9 Å². The van der Waals surface area contributed by atoms with E-state index < -0.39 is 0 Å². The fraction of sp³-hybridized carbons (Fsp3) is 0.235. The van der Waals surface area contributed by atoms with Crippen LogP contribution in [0.15, 0.2) is 54.9 Å². The molecular weight excluding hydrogens is 290 g/mol. The molecule has 118 valence electrons. The van der Waals surface area contributed by atoms with E-state index in [-0.39, 0.29) is 11.9 Å². The molecule has 0 bridgehead atoms. The number of rotatable bonds is 5. The van der Waals surface area contributed by atoms with Gasteiger partial charge in [-0.15, -0.1) is 0 Å². The highest BCUT2D eigenvalue weighted by atomic mass is 16.2. The van der Waals surface area contributed by atoms with Crippen LogP contribution in [0, 0.1) is 0 Å². The molecule has 2 heterocycles. The van der Waals surface area contributed by atoms with Crippen molar-refractivity contribution in [1.82, 2.24) is 19.5 Å². The third-order valence-electron chi connectivity index (χ3n) is 3.84. The van der Waals surface area contributed by atoms with Crippen molar-refractivity contribution in [3.8, 4) is 0 Å². The van der Waals surface area contributed by atoms with Crippen LogP contribution in [0.3, 0.4) is 0 Å². The smallest absolute Gasteiger partial charge is 0.247 e. The maximum absolute atomic E-state index is 12.9. The third kappa shape index (κ3) is 3.07. The van der Waals surface area contributed by atoms with Crippen LogP contribution < -0.4 is 5.32 Å². The number of anilines is 1. The van der Waals surface area contributed by atoms with Crippen molar-refractivity contribution in [1.29, 1.82) is 0 Å². The van der Waals surface area contributed by atoms with Crippen LogP contribution in [0.2, 0.25) is 0 Å². The van der Waals surface area contributed by atoms with E-state index >= 15 is 0 Å². The van der Waals surface area contributed by atoms with E-state index in [0.29, 0.717) is 11.5 Å². The average Bonchev–Trinajstić information content (AvgIpc) is 3.05. The van der Waals surface area contributed by atoms with Crippen LogP contribution in [0.1, 0.15) is 18.5 Å². The van der Waals surface area contributed by atoms with Gasteiger partial charge in [0.25, 0.3) is 0 Å². The van der Waals surface area contributed by atoms with Crippen molar-refractivity contribution in [2.24, 2.45) is 0 Å². The van der Waals surface area contributed by atoms with Gasteiger partial charge in [-0.1, -0.05) is 37.3 Å². The summed E-state index contributed by atoms with van der Waals surface area (Å²) >= 11 is 0. The van der Waals surface area contributed by atoms with Crippen molar-refractivity contribution in [3.63, 3.8) is 0 Å². The number of carbonyl (C=O) groups excluding carboxylic acids is 1. The lowest BCUT2D eigenvalue weighted by Crippen LogP contribution is -2.35. The molecule has 0 aliphatic rings. The van der Waals surface area contributed by atoms with Gasteiger partial charge in [0.2, 0.25) is 5.91 Å². The molecule has 2 aromatic heterocycles. The van der Waals surface area contributed by atoms with E-state index in [0.717, 1.165) is 12.1 Å². The van der Waals surface area contributed by atoms with E-state index in [1.54, 1.807) is 29.0 Å². The van der Waals surface area contributed by atoms with Crippen LogP contribution in [0.25, 0.3) is 5.65 Å². The highest BCUT2D eigenvalue weighted by molar-refractivity contribution is 5.95. The second-order valence-electron chi connectivity index (χ2n) is 5.31. The molecule has 0 aliphatic carbocycles. The molecule has 1 atom stereocenters. The van der Waals surface area contributed by atoms with Gasteiger partial charge in [-0.05, 0) is 25.2 Å². The Labute approximate surface area is 134 Å². The van der Waals surface area contributed by atoms with Crippen LogP contribution in [0.5, 0.6) is 0 Å². The number of likely N-dealkylation sites (N-methyl/N-ethyl adjacent to an activating group) is 1. The molecular formula is C17H19N5O. The summed E-state index contributed by atoms with van der Waals surface area (Å²) in [5.74, 6) is 0.513. The SMILES string of the molecule is CCN(C)[C@@H](C(=O)Nc1ccnc2ccnn12)c1ccccc1. The standard InChI is InChI=1S/C17H19N5O/c1-3-21(2)16(13-7-5-4-6-8-13)17(23)20-15-9-11-18-14-10-12-19-22(14)15/h4-12,16H,3H2,1-2H3,(H,20,23)/t16-/m1/s1. The number of fused-ring (bicyclic) bond motifs is 1. The van der Waals surface area contributed by atoms with Crippen molar-refractivity contribution in [2.75, 3.05) is 18.9 Å². The van der Waals surface area contributed by atoms with Gasteiger partial charge in [0, 0.05) is 12.3 Å². The predicted octanol–water partition coefficient (Wildman–Crippen LogP) is 2.36. The number of amides is 1. The number of nitrogens with zero attached hydrogens (tertiary/aromatic N) is 4.